The van der Waals surface area contributed by atoms with Crippen molar-refractivity contribution in [3.63, 3.8) is 0 Å². The lowest BCUT2D eigenvalue weighted by Crippen LogP contribution is -2.37. The van der Waals surface area contributed by atoms with Gasteiger partial charge in [0.25, 0.3) is 0 Å². The van der Waals surface area contributed by atoms with Crippen molar-refractivity contribution < 1.29 is 32.2 Å². The number of ether oxygens (including phenoxy) is 3. The van der Waals surface area contributed by atoms with Crippen LogP contribution in [0.2, 0.25) is 25.7 Å². The maximum absolute atomic E-state index is 13.7. The van der Waals surface area contributed by atoms with Crippen LogP contribution in [0.25, 0.3) is 22.6 Å². The molecule has 3 rings (SSSR count). The summed E-state index contributed by atoms with van der Waals surface area (Å²) in [6.07, 6.45) is -3.11. The molecule has 0 spiro atoms. The van der Waals surface area contributed by atoms with Crippen LogP contribution in [0.1, 0.15) is 51.6 Å². The molecule has 0 saturated carbocycles. The van der Waals surface area contributed by atoms with Gasteiger partial charge < -0.3 is 19.2 Å². The Morgan fingerprint density at radius 3 is 2.21 bits per heavy atom. The normalized spacial score (nSPS) is 12.9. The van der Waals surface area contributed by atoms with E-state index in [1.54, 1.807) is 26.0 Å². The number of halogens is 3. The van der Waals surface area contributed by atoms with Crippen molar-refractivity contribution in [2.24, 2.45) is 5.41 Å². The fourth-order valence-electron chi connectivity index (χ4n) is 3.85. The van der Waals surface area contributed by atoms with E-state index in [1.807, 2.05) is 45.9 Å². The molecule has 0 bridgehead atoms. The number of aromatic nitrogens is 3. The van der Waals surface area contributed by atoms with Gasteiger partial charge in [-0.3, -0.25) is 9.78 Å². The van der Waals surface area contributed by atoms with E-state index in [2.05, 4.69) is 34.6 Å². The standard InChI is InChI=1S/C31H42F3N3O4Si/c1-20-16-21(11-13-25(20)40-19-30(5,6)28(38)41-29(2,3)4)23-12-10-22(17-35-23)27-36-24(26(37-27)31(32,33)34)18-39-14-15-42(7,8)9/h10-13,16-17H,14-15,18-19H2,1-9H3,(H,36,37). The smallest absolute Gasteiger partial charge is 0.435 e. The van der Waals surface area contributed by atoms with Crippen molar-refractivity contribution in [3.8, 4) is 28.4 Å². The first-order valence-electron chi connectivity index (χ1n) is 13.9. The number of aryl methyl sites for hydroxylation is 1. The molecule has 0 aliphatic rings. The number of H-pyrrole nitrogens is 1. The minimum atomic E-state index is -4.61. The number of alkyl halides is 3. The minimum absolute atomic E-state index is 0.0812. The SMILES string of the molecule is Cc1cc(-c2ccc(-c3nc(C(F)(F)F)c(COCC[Si](C)(C)C)[nH]3)cn2)ccc1OCC(C)(C)C(=O)OC(C)(C)C. The van der Waals surface area contributed by atoms with Crippen molar-refractivity contribution in [2.45, 2.75) is 85.6 Å². The molecule has 0 radical (unpaired) electrons. The van der Waals surface area contributed by atoms with Gasteiger partial charge >= 0.3 is 12.1 Å². The molecule has 2 aromatic heterocycles. The molecular formula is C31H42F3N3O4Si. The van der Waals surface area contributed by atoms with Crippen LogP contribution in [0.3, 0.4) is 0 Å². The molecule has 0 unspecified atom stereocenters. The number of pyridine rings is 1. The van der Waals surface area contributed by atoms with E-state index >= 15 is 0 Å². The average Bonchev–Trinajstić information content (AvgIpc) is 3.29. The van der Waals surface area contributed by atoms with Gasteiger partial charge in [-0.05, 0) is 83.5 Å². The van der Waals surface area contributed by atoms with Crippen LogP contribution < -0.4 is 4.74 Å². The van der Waals surface area contributed by atoms with Gasteiger partial charge in [-0.1, -0.05) is 19.6 Å². The number of hydrogen-bond acceptors (Lipinski definition) is 6. The first-order chi connectivity index (χ1) is 19.2. The molecule has 0 amide bonds. The van der Waals surface area contributed by atoms with Crippen molar-refractivity contribution in [2.75, 3.05) is 13.2 Å². The Morgan fingerprint density at radius 1 is 1.00 bits per heavy atom. The molecule has 0 atom stereocenters. The van der Waals surface area contributed by atoms with Gasteiger partial charge in [0.1, 0.15) is 23.8 Å². The summed E-state index contributed by atoms with van der Waals surface area (Å²) in [7, 11) is -1.36. The van der Waals surface area contributed by atoms with Gasteiger partial charge in [-0.25, -0.2) is 4.98 Å². The molecule has 42 heavy (non-hydrogen) atoms. The number of rotatable bonds is 11. The summed E-state index contributed by atoms with van der Waals surface area (Å²) in [6, 6.07) is 9.83. The Morgan fingerprint density at radius 2 is 1.67 bits per heavy atom. The largest absolute Gasteiger partial charge is 0.492 e. The van der Waals surface area contributed by atoms with Crippen LogP contribution in [-0.4, -0.2) is 47.8 Å². The molecule has 1 aromatic carbocycles. The fraction of sp³-hybridized carbons (Fsp3) is 0.516. The third-order valence-corrected chi connectivity index (χ3v) is 8.04. The number of aromatic amines is 1. The van der Waals surface area contributed by atoms with Crippen LogP contribution in [0, 0.1) is 12.3 Å². The Bertz CT molecular complexity index is 1370. The summed E-state index contributed by atoms with van der Waals surface area (Å²) < 4.78 is 58.1. The molecule has 1 N–H and O–H groups in total. The highest BCUT2D eigenvalue weighted by Crippen LogP contribution is 2.34. The predicted molar refractivity (Wildman–Crippen MR) is 160 cm³/mol. The Labute approximate surface area is 247 Å². The number of hydrogen-bond donors (Lipinski definition) is 1. The van der Waals surface area contributed by atoms with Crippen LogP contribution in [0.5, 0.6) is 5.75 Å². The Hall–Kier alpha value is -3.18. The second kappa shape index (κ2) is 12.6. The van der Waals surface area contributed by atoms with Gasteiger partial charge in [0.2, 0.25) is 0 Å². The Kier molecular flexibility index (Phi) is 9.99. The topological polar surface area (TPSA) is 86.3 Å². The summed E-state index contributed by atoms with van der Waals surface area (Å²) in [4.78, 5) is 23.6. The molecule has 2 heterocycles. The third kappa shape index (κ3) is 9.42. The monoisotopic (exact) mass is 605 g/mol. The highest BCUT2D eigenvalue weighted by molar-refractivity contribution is 6.76. The number of carbonyl (C=O) groups excluding carboxylic acids is 1. The summed E-state index contributed by atoms with van der Waals surface area (Å²) in [5, 5.41) is 0. The zero-order valence-electron chi connectivity index (χ0n) is 26.0. The van der Waals surface area contributed by atoms with Gasteiger partial charge in [-0.2, -0.15) is 13.2 Å². The molecular weight excluding hydrogens is 563 g/mol. The molecule has 0 fully saturated rings. The maximum Gasteiger partial charge on any atom is 0.435 e. The first-order valence-corrected chi connectivity index (χ1v) is 17.6. The molecule has 0 aliphatic carbocycles. The molecule has 11 heteroatoms. The van der Waals surface area contributed by atoms with Gasteiger partial charge in [0.05, 0.1) is 23.4 Å². The number of esters is 1. The number of nitrogens with zero attached hydrogens (tertiary/aromatic N) is 2. The summed E-state index contributed by atoms with van der Waals surface area (Å²) in [5.74, 6) is 0.369. The quantitative estimate of drug-likeness (QED) is 0.135. The van der Waals surface area contributed by atoms with E-state index < -0.39 is 31.0 Å². The second-order valence-electron chi connectivity index (χ2n) is 13.4. The Balaban J connectivity index is 1.72. The second-order valence-corrected chi connectivity index (χ2v) is 19.0. The highest BCUT2D eigenvalue weighted by Gasteiger charge is 2.37. The van der Waals surface area contributed by atoms with Crippen molar-refractivity contribution >= 4 is 14.0 Å². The van der Waals surface area contributed by atoms with Crippen LogP contribution in [-0.2, 0) is 27.1 Å². The lowest BCUT2D eigenvalue weighted by Gasteiger charge is -2.28. The first kappa shape index (κ1) is 33.3. The van der Waals surface area contributed by atoms with E-state index in [-0.39, 0.29) is 30.7 Å². The van der Waals surface area contributed by atoms with E-state index in [9.17, 15) is 18.0 Å². The molecule has 7 nitrogen and oxygen atoms in total. The molecule has 0 saturated heterocycles. The number of carbonyl (C=O) groups is 1. The number of imidazole rings is 1. The van der Waals surface area contributed by atoms with E-state index in [1.165, 1.54) is 6.20 Å². The van der Waals surface area contributed by atoms with Gasteiger partial charge in [0, 0.05) is 32.0 Å². The van der Waals surface area contributed by atoms with Crippen LogP contribution >= 0.6 is 0 Å². The highest BCUT2D eigenvalue weighted by atomic mass is 28.3. The van der Waals surface area contributed by atoms with Gasteiger partial charge in [0.15, 0.2) is 5.69 Å². The maximum atomic E-state index is 13.7. The van der Waals surface area contributed by atoms with Crippen LogP contribution in [0.15, 0.2) is 36.5 Å². The zero-order valence-corrected chi connectivity index (χ0v) is 27.0. The lowest BCUT2D eigenvalue weighted by molar-refractivity contribution is -0.167. The predicted octanol–water partition coefficient (Wildman–Crippen LogP) is 8.07. The van der Waals surface area contributed by atoms with E-state index in [4.69, 9.17) is 14.2 Å². The summed E-state index contributed by atoms with van der Waals surface area (Å²) >= 11 is 0. The number of nitrogens with one attached hydrogen (secondary N) is 1. The fourth-order valence-corrected chi connectivity index (χ4v) is 4.60. The molecule has 0 aliphatic heterocycles. The minimum Gasteiger partial charge on any atom is -0.492 e. The lowest BCUT2D eigenvalue weighted by atomic mass is 9.94. The number of benzene rings is 1. The molecule has 3 aromatic rings. The van der Waals surface area contributed by atoms with Gasteiger partial charge in [-0.15, -0.1) is 0 Å². The molecule has 230 valence electrons. The van der Waals surface area contributed by atoms with E-state index in [0.717, 1.165) is 17.2 Å². The van der Waals surface area contributed by atoms with Crippen molar-refractivity contribution in [3.05, 3.63) is 53.5 Å². The summed E-state index contributed by atoms with van der Waals surface area (Å²) in [5.41, 5.74) is 0.221. The summed E-state index contributed by atoms with van der Waals surface area (Å²) in [6.45, 7) is 17.8. The zero-order chi connectivity index (χ0) is 31.5. The van der Waals surface area contributed by atoms with Crippen molar-refractivity contribution in [1.29, 1.82) is 0 Å². The van der Waals surface area contributed by atoms with Crippen molar-refractivity contribution in [1.82, 2.24) is 15.0 Å². The van der Waals surface area contributed by atoms with Crippen LogP contribution in [0.4, 0.5) is 13.2 Å². The van der Waals surface area contributed by atoms with E-state index in [0.29, 0.717) is 23.6 Å². The third-order valence-electron chi connectivity index (χ3n) is 6.34. The average molecular weight is 606 g/mol.